The summed E-state index contributed by atoms with van der Waals surface area (Å²) >= 11 is 0. The molecule has 1 rings (SSSR count). The topological polar surface area (TPSA) is 12.0 Å². The fraction of sp³-hybridized carbons (Fsp3) is 0.429. The van der Waals surface area contributed by atoms with Crippen LogP contribution in [-0.4, -0.2) is 6.54 Å². The molecule has 0 radical (unpaired) electrons. The summed E-state index contributed by atoms with van der Waals surface area (Å²) in [6, 6.07) is 10.5. The molecule has 0 atom stereocenters. The summed E-state index contributed by atoms with van der Waals surface area (Å²) in [7, 11) is 0. The molecule has 0 saturated heterocycles. The van der Waals surface area contributed by atoms with Crippen LogP contribution in [0.5, 0.6) is 0 Å². The molecule has 0 fully saturated rings. The summed E-state index contributed by atoms with van der Waals surface area (Å²) in [5.74, 6) is 0.760. The van der Waals surface area contributed by atoms with Crippen LogP contribution in [0.4, 0.5) is 0 Å². The van der Waals surface area contributed by atoms with Crippen LogP contribution in [0.1, 0.15) is 25.8 Å². The van der Waals surface area contributed by atoms with Gasteiger partial charge in [0.25, 0.3) is 0 Å². The molecule has 0 bridgehead atoms. The van der Waals surface area contributed by atoms with E-state index >= 15 is 0 Å². The van der Waals surface area contributed by atoms with Crippen LogP contribution in [0, 0.1) is 5.92 Å². The molecule has 0 aliphatic heterocycles. The van der Waals surface area contributed by atoms with Crippen molar-refractivity contribution in [3.8, 4) is 0 Å². The van der Waals surface area contributed by atoms with Crippen LogP contribution in [0.2, 0.25) is 0 Å². The second kappa shape index (κ2) is 7.24. The minimum absolute atomic E-state index is 0.760. The van der Waals surface area contributed by atoms with Gasteiger partial charge in [-0.25, -0.2) is 0 Å². The van der Waals surface area contributed by atoms with E-state index in [1.54, 1.807) is 0 Å². The first kappa shape index (κ1) is 12.0. The van der Waals surface area contributed by atoms with Gasteiger partial charge in [0.2, 0.25) is 0 Å². The molecule has 0 unspecified atom stereocenters. The Morgan fingerprint density at radius 3 is 2.53 bits per heavy atom. The van der Waals surface area contributed by atoms with Gasteiger partial charge in [0, 0.05) is 13.1 Å². The predicted molar refractivity (Wildman–Crippen MR) is 66.7 cm³/mol. The van der Waals surface area contributed by atoms with Crippen molar-refractivity contribution in [1.29, 1.82) is 0 Å². The maximum absolute atomic E-state index is 3.39. The van der Waals surface area contributed by atoms with E-state index in [2.05, 4.69) is 55.6 Å². The van der Waals surface area contributed by atoms with E-state index in [1.165, 1.54) is 12.0 Å². The lowest BCUT2D eigenvalue weighted by Crippen LogP contribution is -2.12. The van der Waals surface area contributed by atoms with Gasteiger partial charge in [-0.05, 0) is 17.9 Å². The zero-order chi connectivity index (χ0) is 10.9. The fourth-order valence-corrected chi connectivity index (χ4v) is 1.35. The van der Waals surface area contributed by atoms with Gasteiger partial charge >= 0.3 is 0 Å². The number of nitrogens with one attached hydrogen (secondary N) is 1. The van der Waals surface area contributed by atoms with Crippen molar-refractivity contribution in [2.24, 2.45) is 5.92 Å². The second-order valence-electron chi connectivity index (χ2n) is 4.22. The summed E-state index contributed by atoms with van der Waals surface area (Å²) in [5.41, 5.74) is 1.34. The first-order valence-electron chi connectivity index (χ1n) is 5.68. The van der Waals surface area contributed by atoms with Crippen molar-refractivity contribution in [2.75, 3.05) is 6.54 Å². The molecule has 1 aromatic carbocycles. The maximum Gasteiger partial charge on any atom is 0.0208 e. The average Bonchev–Trinajstić information content (AvgIpc) is 2.24. The van der Waals surface area contributed by atoms with Gasteiger partial charge in [-0.2, -0.15) is 0 Å². The second-order valence-corrected chi connectivity index (χ2v) is 4.22. The lowest BCUT2D eigenvalue weighted by Gasteiger charge is -2.01. The average molecular weight is 203 g/mol. The zero-order valence-electron chi connectivity index (χ0n) is 9.74. The van der Waals surface area contributed by atoms with Gasteiger partial charge in [-0.1, -0.05) is 56.3 Å². The Bertz CT molecular complexity index is 275. The van der Waals surface area contributed by atoms with Crippen LogP contribution in [0.25, 0.3) is 0 Å². The lowest BCUT2D eigenvalue weighted by molar-refractivity contribution is 0.660. The highest BCUT2D eigenvalue weighted by Crippen LogP contribution is 1.99. The molecule has 0 spiro atoms. The molecule has 0 amide bonds. The summed E-state index contributed by atoms with van der Waals surface area (Å²) in [6.07, 6.45) is 5.64. The van der Waals surface area contributed by atoms with Crippen LogP contribution in [0.15, 0.2) is 42.5 Å². The number of allylic oxidation sites excluding steroid dienone is 1. The standard InChI is InChI=1S/C14H21N/c1-13(2)8-6-7-11-15-12-14-9-4-3-5-10-14/h3-7,9-10,13,15H,8,11-12H2,1-2H3/b7-6+. The Kier molecular flexibility index (Phi) is 5.79. The van der Waals surface area contributed by atoms with E-state index in [-0.39, 0.29) is 0 Å². The number of rotatable bonds is 6. The number of hydrogen-bond acceptors (Lipinski definition) is 1. The Morgan fingerprint density at radius 1 is 1.13 bits per heavy atom. The molecule has 0 aliphatic rings. The third-order valence-electron chi connectivity index (χ3n) is 2.21. The van der Waals surface area contributed by atoms with Gasteiger partial charge < -0.3 is 5.32 Å². The molecule has 0 aliphatic carbocycles. The van der Waals surface area contributed by atoms with Crippen molar-refractivity contribution in [2.45, 2.75) is 26.8 Å². The van der Waals surface area contributed by atoms with E-state index in [9.17, 15) is 0 Å². The van der Waals surface area contributed by atoms with Crippen LogP contribution < -0.4 is 5.32 Å². The van der Waals surface area contributed by atoms with Gasteiger partial charge in [-0.3, -0.25) is 0 Å². The smallest absolute Gasteiger partial charge is 0.0208 e. The van der Waals surface area contributed by atoms with E-state index < -0.39 is 0 Å². The maximum atomic E-state index is 3.39. The van der Waals surface area contributed by atoms with Crippen molar-refractivity contribution in [1.82, 2.24) is 5.32 Å². The summed E-state index contributed by atoms with van der Waals surface area (Å²) in [6.45, 7) is 6.39. The first-order chi connectivity index (χ1) is 7.29. The Labute approximate surface area is 93.2 Å². The highest BCUT2D eigenvalue weighted by Gasteiger charge is 1.89. The molecule has 1 N–H and O–H groups in total. The zero-order valence-corrected chi connectivity index (χ0v) is 9.74. The van der Waals surface area contributed by atoms with Crippen LogP contribution in [-0.2, 0) is 6.54 Å². The largest absolute Gasteiger partial charge is 0.309 e. The molecule has 0 aromatic heterocycles. The quantitative estimate of drug-likeness (QED) is 0.552. The third-order valence-corrected chi connectivity index (χ3v) is 2.21. The number of benzene rings is 1. The molecule has 0 saturated carbocycles. The first-order valence-corrected chi connectivity index (χ1v) is 5.68. The van der Waals surface area contributed by atoms with Crippen molar-refractivity contribution < 1.29 is 0 Å². The number of hydrogen-bond donors (Lipinski definition) is 1. The fourth-order valence-electron chi connectivity index (χ4n) is 1.35. The highest BCUT2D eigenvalue weighted by molar-refractivity contribution is 5.14. The Hall–Kier alpha value is -1.08. The minimum Gasteiger partial charge on any atom is -0.309 e. The molecule has 0 heterocycles. The third kappa shape index (κ3) is 6.08. The predicted octanol–water partition coefficient (Wildman–Crippen LogP) is 3.38. The summed E-state index contributed by atoms with van der Waals surface area (Å²) < 4.78 is 0. The van der Waals surface area contributed by atoms with E-state index in [0.29, 0.717) is 0 Å². The molecule has 1 nitrogen and oxygen atoms in total. The molecular formula is C14H21N. The SMILES string of the molecule is CC(C)C/C=C/CNCc1ccccc1. The van der Waals surface area contributed by atoms with E-state index in [1.807, 2.05) is 6.07 Å². The normalized spacial score (nSPS) is 11.4. The summed E-state index contributed by atoms with van der Waals surface area (Å²) in [4.78, 5) is 0. The molecule has 15 heavy (non-hydrogen) atoms. The lowest BCUT2D eigenvalue weighted by atomic mass is 10.1. The van der Waals surface area contributed by atoms with Crippen LogP contribution in [0.3, 0.4) is 0 Å². The highest BCUT2D eigenvalue weighted by atomic mass is 14.8. The molecule has 1 heteroatoms. The Balaban J connectivity index is 2.10. The van der Waals surface area contributed by atoms with Crippen molar-refractivity contribution >= 4 is 0 Å². The monoisotopic (exact) mass is 203 g/mol. The van der Waals surface area contributed by atoms with Gasteiger partial charge in [0.15, 0.2) is 0 Å². The molecular weight excluding hydrogens is 182 g/mol. The van der Waals surface area contributed by atoms with Crippen molar-refractivity contribution in [3.63, 3.8) is 0 Å². The summed E-state index contributed by atoms with van der Waals surface area (Å²) in [5, 5.41) is 3.39. The minimum atomic E-state index is 0.760. The van der Waals surface area contributed by atoms with Gasteiger partial charge in [0.05, 0.1) is 0 Å². The van der Waals surface area contributed by atoms with E-state index in [0.717, 1.165) is 19.0 Å². The Morgan fingerprint density at radius 2 is 1.87 bits per heavy atom. The van der Waals surface area contributed by atoms with Gasteiger partial charge in [-0.15, -0.1) is 0 Å². The van der Waals surface area contributed by atoms with Gasteiger partial charge in [0.1, 0.15) is 0 Å². The van der Waals surface area contributed by atoms with Crippen LogP contribution >= 0.6 is 0 Å². The molecule has 1 aromatic rings. The molecule has 82 valence electrons. The van der Waals surface area contributed by atoms with E-state index in [4.69, 9.17) is 0 Å². The van der Waals surface area contributed by atoms with Crippen molar-refractivity contribution in [3.05, 3.63) is 48.0 Å².